The lowest BCUT2D eigenvalue weighted by Gasteiger charge is -2.30. The molecule has 1 unspecified atom stereocenters. The molecule has 1 rings (SSSR count). The van der Waals surface area contributed by atoms with Crippen LogP contribution < -0.4 is 0 Å². The molecule has 0 aromatic rings. The second-order valence-electron chi connectivity index (χ2n) is 3.55. The van der Waals surface area contributed by atoms with Crippen LogP contribution in [0, 0.1) is 0 Å². The monoisotopic (exact) mass is 239 g/mol. The Kier molecular flexibility index (Phi) is 5.42. The van der Waals surface area contributed by atoms with Gasteiger partial charge in [-0.25, -0.2) is 4.79 Å². The summed E-state index contributed by atoms with van der Waals surface area (Å²) >= 11 is 0. The van der Waals surface area contributed by atoms with E-state index >= 15 is 0 Å². The van der Waals surface area contributed by atoms with Crippen molar-refractivity contribution in [1.29, 1.82) is 0 Å². The van der Waals surface area contributed by atoms with Crippen LogP contribution in [0.2, 0.25) is 0 Å². The Morgan fingerprint density at radius 1 is 1.41 bits per heavy atom. The van der Waals surface area contributed by atoms with Crippen molar-refractivity contribution in [1.82, 2.24) is 4.90 Å². The molecule has 0 bridgehead atoms. The number of amides is 1. The fourth-order valence-corrected chi connectivity index (χ4v) is 1.48. The summed E-state index contributed by atoms with van der Waals surface area (Å²) in [5.74, 6) is -0.569. The second-order valence-corrected chi connectivity index (χ2v) is 3.55. The molecule has 0 radical (unpaired) electrons. The highest BCUT2D eigenvalue weighted by Gasteiger charge is 2.28. The molecule has 1 fully saturated rings. The van der Waals surface area contributed by atoms with E-state index in [-0.39, 0.29) is 12.5 Å². The van der Waals surface area contributed by atoms with Gasteiger partial charge in [0.15, 0.2) is 6.10 Å². The number of rotatable bonds is 3. The molecule has 1 amide bonds. The summed E-state index contributed by atoms with van der Waals surface area (Å²) in [6.07, 6.45) is 6.08. The Morgan fingerprint density at radius 3 is 2.82 bits per heavy atom. The fourth-order valence-electron chi connectivity index (χ4n) is 1.48. The van der Waals surface area contributed by atoms with Crippen LogP contribution in [-0.4, -0.2) is 49.7 Å². The number of ether oxygens (including phenoxy) is 2. The average molecular weight is 239 g/mol. The topological polar surface area (TPSA) is 55.8 Å². The Hall–Kier alpha value is -1.62. The maximum Gasteiger partial charge on any atom is 0.336 e. The van der Waals surface area contributed by atoms with Gasteiger partial charge in [-0.15, -0.1) is 0 Å². The lowest BCUT2D eigenvalue weighted by Crippen LogP contribution is -2.48. The molecule has 0 aromatic carbocycles. The first-order chi connectivity index (χ1) is 8.19. The van der Waals surface area contributed by atoms with Crippen molar-refractivity contribution in [2.75, 3.05) is 26.8 Å². The van der Waals surface area contributed by atoms with Crippen LogP contribution >= 0.6 is 0 Å². The molecule has 5 nitrogen and oxygen atoms in total. The van der Waals surface area contributed by atoms with Gasteiger partial charge >= 0.3 is 5.97 Å². The zero-order valence-electron chi connectivity index (χ0n) is 10.1. The van der Waals surface area contributed by atoms with Crippen LogP contribution in [0.5, 0.6) is 0 Å². The zero-order chi connectivity index (χ0) is 12.7. The van der Waals surface area contributed by atoms with Crippen molar-refractivity contribution in [3.05, 3.63) is 24.3 Å². The first kappa shape index (κ1) is 13.4. The van der Waals surface area contributed by atoms with Crippen molar-refractivity contribution in [2.24, 2.45) is 0 Å². The number of hydrogen-bond acceptors (Lipinski definition) is 4. The SMILES string of the molecule is CC=C/C=C/C(=O)N1CCOC(C(=O)OC)C1. The predicted octanol–water partition coefficient (Wildman–Crippen LogP) is 0.519. The maximum absolute atomic E-state index is 11.7. The zero-order valence-corrected chi connectivity index (χ0v) is 10.1. The minimum absolute atomic E-state index is 0.125. The van der Waals surface area contributed by atoms with E-state index in [1.807, 2.05) is 13.0 Å². The van der Waals surface area contributed by atoms with E-state index in [2.05, 4.69) is 4.74 Å². The molecular weight excluding hydrogens is 222 g/mol. The molecule has 1 heterocycles. The van der Waals surface area contributed by atoms with Gasteiger partial charge in [0.2, 0.25) is 5.91 Å². The normalized spacial score (nSPS) is 21.1. The quantitative estimate of drug-likeness (QED) is 0.409. The van der Waals surface area contributed by atoms with Gasteiger partial charge < -0.3 is 14.4 Å². The summed E-state index contributed by atoms with van der Waals surface area (Å²) in [6, 6.07) is 0. The van der Waals surface area contributed by atoms with Crippen molar-refractivity contribution < 1.29 is 19.1 Å². The molecule has 0 spiro atoms. The van der Waals surface area contributed by atoms with E-state index in [4.69, 9.17) is 4.74 Å². The van der Waals surface area contributed by atoms with E-state index in [0.717, 1.165) is 0 Å². The lowest BCUT2D eigenvalue weighted by molar-refractivity contribution is -0.161. The Morgan fingerprint density at radius 2 is 2.18 bits per heavy atom. The molecule has 1 atom stereocenters. The molecule has 1 aliphatic heterocycles. The molecule has 94 valence electrons. The van der Waals surface area contributed by atoms with Gasteiger partial charge in [-0.05, 0) is 6.92 Å². The molecular formula is C12H17NO4. The highest BCUT2D eigenvalue weighted by Crippen LogP contribution is 2.07. The molecule has 1 saturated heterocycles. The largest absolute Gasteiger partial charge is 0.467 e. The van der Waals surface area contributed by atoms with Gasteiger partial charge in [-0.2, -0.15) is 0 Å². The number of esters is 1. The van der Waals surface area contributed by atoms with E-state index in [1.165, 1.54) is 13.2 Å². The van der Waals surface area contributed by atoms with E-state index < -0.39 is 12.1 Å². The third kappa shape index (κ3) is 4.03. The summed E-state index contributed by atoms with van der Waals surface area (Å²) in [4.78, 5) is 24.6. The molecule has 0 saturated carbocycles. The average Bonchev–Trinajstić information content (AvgIpc) is 2.38. The number of carbonyl (C=O) groups excluding carboxylic acids is 2. The summed E-state index contributed by atoms with van der Waals surface area (Å²) in [6.45, 7) is 2.96. The van der Waals surface area contributed by atoms with Crippen molar-refractivity contribution in [3.8, 4) is 0 Å². The van der Waals surface area contributed by atoms with E-state index in [0.29, 0.717) is 13.2 Å². The molecule has 0 aliphatic carbocycles. The first-order valence-corrected chi connectivity index (χ1v) is 5.46. The predicted molar refractivity (Wildman–Crippen MR) is 62.3 cm³/mol. The minimum Gasteiger partial charge on any atom is -0.467 e. The van der Waals surface area contributed by atoms with Crippen LogP contribution in [0.15, 0.2) is 24.3 Å². The van der Waals surface area contributed by atoms with Crippen LogP contribution in [0.3, 0.4) is 0 Å². The Bertz CT molecular complexity index is 335. The third-order valence-corrected chi connectivity index (χ3v) is 2.38. The lowest BCUT2D eigenvalue weighted by atomic mass is 10.2. The number of methoxy groups -OCH3 is 1. The summed E-state index contributed by atoms with van der Waals surface area (Å²) in [5, 5.41) is 0. The summed E-state index contributed by atoms with van der Waals surface area (Å²) in [5.41, 5.74) is 0. The van der Waals surface area contributed by atoms with E-state index in [1.54, 1.807) is 17.1 Å². The molecule has 17 heavy (non-hydrogen) atoms. The molecule has 5 heteroatoms. The summed E-state index contributed by atoms with van der Waals surface area (Å²) < 4.78 is 9.82. The highest BCUT2D eigenvalue weighted by atomic mass is 16.6. The Balaban J connectivity index is 2.54. The third-order valence-electron chi connectivity index (χ3n) is 2.38. The fraction of sp³-hybridized carbons (Fsp3) is 0.500. The van der Waals surface area contributed by atoms with Gasteiger partial charge in [-0.1, -0.05) is 18.2 Å². The summed E-state index contributed by atoms with van der Waals surface area (Å²) in [7, 11) is 1.30. The highest BCUT2D eigenvalue weighted by molar-refractivity contribution is 5.88. The first-order valence-electron chi connectivity index (χ1n) is 5.46. The number of allylic oxidation sites excluding steroid dienone is 3. The second kappa shape index (κ2) is 6.85. The van der Waals surface area contributed by atoms with Gasteiger partial charge in [0.1, 0.15) is 0 Å². The number of carbonyl (C=O) groups is 2. The number of morpholine rings is 1. The molecule has 1 aliphatic rings. The van der Waals surface area contributed by atoms with Gasteiger partial charge in [0, 0.05) is 12.6 Å². The van der Waals surface area contributed by atoms with Crippen LogP contribution in [0.1, 0.15) is 6.92 Å². The standard InChI is InChI=1S/C12H17NO4/c1-3-4-5-6-11(14)13-7-8-17-10(9-13)12(15)16-2/h3-6,10H,7-9H2,1-2H3/b4-3?,6-5+. The van der Waals surface area contributed by atoms with Crippen LogP contribution in [-0.2, 0) is 19.1 Å². The molecule has 0 aromatic heterocycles. The van der Waals surface area contributed by atoms with Gasteiger partial charge in [0.25, 0.3) is 0 Å². The minimum atomic E-state index is -0.673. The van der Waals surface area contributed by atoms with Crippen LogP contribution in [0.25, 0.3) is 0 Å². The van der Waals surface area contributed by atoms with Gasteiger partial charge in [-0.3, -0.25) is 4.79 Å². The van der Waals surface area contributed by atoms with E-state index in [9.17, 15) is 9.59 Å². The Labute approximate surface area is 101 Å². The van der Waals surface area contributed by atoms with Crippen LogP contribution in [0.4, 0.5) is 0 Å². The molecule has 0 N–H and O–H groups in total. The number of nitrogens with zero attached hydrogens (tertiary/aromatic N) is 1. The number of hydrogen-bond donors (Lipinski definition) is 0. The van der Waals surface area contributed by atoms with Crippen molar-refractivity contribution in [3.63, 3.8) is 0 Å². The van der Waals surface area contributed by atoms with Crippen molar-refractivity contribution >= 4 is 11.9 Å². The van der Waals surface area contributed by atoms with Crippen molar-refractivity contribution in [2.45, 2.75) is 13.0 Å². The smallest absolute Gasteiger partial charge is 0.336 e. The maximum atomic E-state index is 11.7. The van der Waals surface area contributed by atoms with Gasteiger partial charge in [0.05, 0.1) is 20.3 Å².